The number of para-hydroxylation sites is 1. The van der Waals surface area contributed by atoms with Crippen molar-refractivity contribution in [2.24, 2.45) is 5.92 Å². The van der Waals surface area contributed by atoms with Crippen LogP contribution in [0.15, 0.2) is 54.6 Å². The Kier molecular flexibility index (Phi) is 7.46. The van der Waals surface area contributed by atoms with E-state index in [0.29, 0.717) is 25.7 Å². The molecule has 1 amide bonds. The molecule has 38 heavy (non-hydrogen) atoms. The molecule has 1 aliphatic carbocycles. The smallest absolute Gasteiger partial charge is 0.252 e. The van der Waals surface area contributed by atoms with Crippen molar-refractivity contribution < 1.29 is 14.3 Å². The number of ether oxygens (including phenoxy) is 2. The van der Waals surface area contributed by atoms with Gasteiger partial charge in [-0.2, -0.15) is 0 Å². The van der Waals surface area contributed by atoms with Crippen molar-refractivity contribution in [3.63, 3.8) is 0 Å². The number of hydrogen-bond donors (Lipinski definition) is 1. The summed E-state index contributed by atoms with van der Waals surface area (Å²) in [5.74, 6) is 0.142. The minimum Gasteiger partial charge on any atom is -0.349 e. The third-order valence-corrected chi connectivity index (χ3v) is 8.80. The molecule has 6 nitrogen and oxygen atoms in total. The number of nitrogens with one attached hydrogen (secondary N) is 1. The van der Waals surface area contributed by atoms with Gasteiger partial charge in [0.15, 0.2) is 5.79 Å². The molecule has 3 fully saturated rings. The number of carbonyl (C=O) groups is 1. The summed E-state index contributed by atoms with van der Waals surface area (Å²) in [6.07, 6.45) is 7.90. The van der Waals surface area contributed by atoms with Gasteiger partial charge in [-0.1, -0.05) is 67.8 Å². The Morgan fingerprint density at radius 2 is 1.68 bits per heavy atom. The molecule has 0 unspecified atom stereocenters. The normalized spacial score (nSPS) is 21.1. The van der Waals surface area contributed by atoms with Crippen molar-refractivity contribution in [1.29, 1.82) is 0 Å². The molecule has 3 aromatic rings. The molecule has 3 heterocycles. The topological polar surface area (TPSA) is 63.7 Å². The molecule has 0 bridgehead atoms. The average molecular weight is 514 g/mol. The average Bonchev–Trinajstić information content (AvgIpc) is 3.42. The highest BCUT2D eigenvalue weighted by atomic mass is 16.7. The highest BCUT2D eigenvalue weighted by molar-refractivity contribution is 6.09. The zero-order valence-electron chi connectivity index (χ0n) is 22.5. The van der Waals surface area contributed by atoms with Crippen molar-refractivity contribution in [2.75, 3.05) is 26.3 Å². The first-order valence-electron chi connectivity index (χ1n) is 14.4. The summed E-state index contributed by atoms with van der Waals surface area (Å²) >= 11 is 0. The third kappa shape index (κ3) is 5.22. The fourth-order valence-corrected chi connectivity index (χ4v) is 6.59. The number of hydrogen-bond acceptors (Lipinski definition) is 5. The lowest BCUT2D eigenvalue weighted by molar-refractivity contribution is -0.185. The van der Waals surface area contributed by atoms with Gasteiger partial charge < -0.3 is 14.8 Å². The van der Waals surface area contributed by atoms with Crippen molar-refractivity contribution in [3.8, 4) is 11.3 Å². The summed E-state index contributed by atoms with van der Waals surface area (Å²) in [6.45, 7) is 5.92. The van der Waals surface area contributed by atoms with Crippen molar-refractivity contribution in [2.45, 2.75) is 70.2 Å². The minimum absolute atomic E-state index is 0.0183. The maximum Gasteiger partial charge on any atom is 0.252 e. The summed E-state index contributed by atoms with van der Waals surface area (Å²) in [4.78, 5) is 21.7. The zero-order chi connectivity index (χ0) is 26.0. The van der Waals surface area contributed by atoms with E-state index < -0.39 is 5.79 Å². The lowest BCUT2D eigenvalue weighted by Gasteiger charge is -2.38. The van der Waals surface area contributed by atoms with Gasteiger partial charge in [-0.05, 0) is 31.7 Å². The van der Waals surface area contributed by atoms with E-state index in [4.69, 9.17) is 14.5 Å². The number of amides is 1. The van der Waals surface area contributed by atoms with Crippen LogP contribution in [0, 0.1) is 5.92 Å². The van der Waals surface area contributed by atoms with Crippen molar-refractivity contribution in [1.82, 2.24) is 15.2 Å². The lowest BCUT2D eigenvalue weighted by atomic mass is 9.84. The molecule has 1 N–H and O–H groups in total. The van der Waals surface area contributed by atoms with Crippen LogP contribution in [0.5, 0.6) is 0 Å². The molecule has 2 aliphatic heterocycles. The summed E-state index contributed by atoms with van der Waals surface area (Å²) in [5.41, 5.74) is 4.57. The van der Waals surface area contributed by atoms with E-state index in [1.807, 2.05) is 42.5 Å². The molecule has 6 rings (SSSR count). The molecular formula is C32H39N3O3. The molecule has 1 atom stereocenters. The Bertz CT molecular complexity index is 1260. The molecule has 1 spiro atoms. The largest absolute Gasteiger partial charge is 0.349 e. The highest BCUT2D eigenvalue weighted by Gasteiger charge is 2.40. The van der Waals surface area contributed by atoms with Crippen LogP contribution < -0.4 is 5.32 Å². The van der Waals surface area contributed by atoms with Crippen LogP contribution in [-0.4, -0.2) is 53.9 Å². The summed E-state index contributed by atoms with van der Waals surface area (Å²) in [5, 5.41) is 4.35. The van der Waals surface area contributed by atoms with E-state index in [1.54, 1.807) is 0 Å². The zero-order valence-corrected chi connectivity index (χ0v) is 22.5. The summed E-state index contributed by atoms with van der Waals surface area (Å²) in [7, 11) is 0. The van der Waals surface area contributed by atoms with Gasteiger partial charge in [0.05, 0.1) is 30.0 Å². The molecule has 2 aromatic carbocycles. The number of fused-ring (bicyclic) bond motifs is 1. The maximum atomic E-state index is 14.2. The third-order valence-electron chi connectivity index (χ3n) is 8.80. The number of carbonyl (C=O) groups excluding carboxylic acids is 1. The number of pyridine rings is 1. The predicted molar refractivity (Wildman–Crippen MR) is 150 cm³/mol. The van der Waals surface area contributed by atoms with Crippen LogP contribution in [-0.2, 0) is 16.0 Å². The van der Waals surface area contributed by atoms with Gasteiger partial charge in [-0.15, -0.1) is 0 Å². The molecule has 6 heteroatoms. The first-order chi connectivity index (χ1) is 18.6. The predicted octanol–water partition coefficient (Wildman–Crippen LogP) is 5.94. The molecule has 2 saturated heterocycles. The number of benzene rings is 2. The quantitative estimate of drug-likeness (QED) is 0.442. The second-order valence-electron chi connectivity index (χ2n) is 11.2. The van der Waals surface area contributed by atoms with Crippen molar-refractivity contribution in [3.05, 3.63) is 65.7 Å². The Morgan fingerprint density at radius 3 is 2.42 bits per heavy atom. The SMILES string of the molecule is C[C@H](NC(=O)c1c(CN2CCC3(CC2)OCCO3)c(-c2ccccc2)nc2ccccc12)C1CCCCC1. The van der Waals surface area contributed by atoms with E-state index in [-0.39, 0.29) is 11.9 Å². The van der Waals surface area contributed by atoms with Gasteiger partial charge in [0, 0.05) is 55.0 Å². The number of rotatable bonds is 6. The van der Waals surface area contributed by atoms with Crippen molar-refractivity contribution >= 4 is 16.8 Å². The second kappa shape index (κ2) is 11.1. The number of likely N-dealkylation sites (tertiary alicyclic amines) is 1. The molecule has 200 valence electrons. The van der Waals surface area contributed by atoms with Gasteiger partial charge in [-0.3, -0.25) is 9.69 Å². The van der Waals surface area contributed by atoms with Gasteiger partial charge in [0.1, 0.15) is 0 Å². The van der Waals surface area contributed by atoms with Crippen LogP contribution in [0.3, 0.4) is 0 Å². The van der Waals surface area contributed by atoms with Crippen LogP contribution >= 0.6 is 0 Å². The van der Waals surface area contributed by atoms with E-state index >= 15 is 0 Å². The Hall–Kier alpha value is -2.80. The molecule has 0 radical (unpaired) electrons. The Labute approximate surface area is 225 Å². The van der Waals surface area contributed by atoms with E-state index in [9.17, 15) is 4.79 Å². The maximum absolute atomic E-state index is 14.2. The van der Waals surface area contributed by atoms with Gasteiger partial charge in [0.2, 0.25) is 0 Å². The Morgan fingerprint density at radius 1 is 1.00 bits per heavy atom. The van der Waals surface area contributed by atoms with Gasteiger partial charge in [0.25, 0.3) is 5.91 Å². The fourth-order valence-electron chi connectivity index (χ4n) is 6.59. The molecule has 3 aliphatic rings. The number of piperidine rings is 1. The molecule has 1 aromatic heterocycles. The van der Waals surface area contributed by atoms with E-state index in [1.165, 1.54) is 32.1 Å². The monoisotopic (exact) mass is 513 g/mol. The summed E-state index contributed by atoms with van der Waals surface area (Å²) in [6, 6.07) is 18.5. The summed E-state index contributed by atoms with van der Waals surface area (Å²) < 4.78 is 11.9. The second-order valence-corrected chi connectivity index (χ2v) is 11.2. The van der Waals surface area contributed by atoms with Crippen LogP contribution in [0.2, 0.25) is 0 Å². The molecular weight excluding hydrogens is 474 g/mol. The first-order valence-corrected chi connectivity index (χ1v) is 14.4. The van der Waals surface area contributed by atoms with E-state index in [2.05, 4.69) is 29.3 Å². The van der Waals surface area contributed by atoms with Crippen LogP contribution in [0.1, 0.15) is 67.8 Å². The first kappa shape index (κ1) is 25.5. The van der Waals surface area contributed by atoms with Crippen LogP contribution in [0.4, 0.5) is 0 Å². The highest BCUT2D eigenvalue weighted by Crippen LogP contribution is 2.35. The van der Waals surface area contributed by atoms with E-state index in [0.717, 1.165) is 59.2 Å². The lowest BCUT2D eigenvalue weighted by Crippen LogP contribution is -2.45. The molecule has 1 saturated carbocycles. The Balaban J connectivity index is 1.38. The van der Waals surface area contributed by atoms with Gasteiger partial charge in [-0.25, -0.2) is 4.98 Å². The minimum atomic E-state index is -0.421. The standard InChI is InChI=1S/C32H39N3O3/c1-23(24-10-4-2-5-11-24)33-31(36)29-26-14-8-9-15-28(26)34-30(25-12-6-3-7-13-25)27(29)22-35-18-16-32(17-19-35)37-20-21-38-32/h3,6-9,12-15,23-24H,2,4-5,10-11,16-22H2,1H3,(H,33,36)/t23-/m0/s1. The number of aromatic nitrogens is 1. The van der Waals surface area contributed by atoms with Crippen LogP contribution in [0.25, 0.3) is 22.2 Å². The number of nitrogens with zero attached hydrogens (tertiary/aromatic N) is 2. The van der Waals surface area contributed by atoms with Gasteiger partial charge >= 0.3 is 0 Å². The fraction of sp³-hybridized carbons (Fsp3) is 0.500.